The lowest BCUT2D eigenvalue weighted by Gasteiger charge is -2.08. The Morgan fingerprint density at radius 2 is 2.11 bits per heavy atom. The molecule has 1 aromatic carbocycles. The second kappa shape index (κ2) is 5.87. The molecule has 96 valence electrons. The van der Waals surface area contributed by atoms with Gasteiger partial charge < -0.3 is 5.32 Å². The van der Waals surface area contributed by atoms with Gasteiger partial charge in [0.25, 0.3) is 0 Å². The van der Waals surface area contributed by atoms with Gasteiger partial charge in [-0.2, -0.15) is 5.26 Å². The number of rotatable bonds is 3. The Hall–Kier alpha value is -1.83. The molecule has 0 atom stereocenters. The minimum atomic E-state index is -0.465. The van der Waals surface area contributed by atoms with Gasteiger partial charge in [-0.1, -0.05) is 29.3 Å². The van der Waals surface area contributed by atoms with Gasteiger partial charge in [0.05, 0.1) is 10.6 Å². The van der Waals surface area contributed by atoms with E-state index in [0.717, 1.165) is 5.56 Å². The van der Waals surface area contributed by atoms with Crippen LogP contribution in [0.25, 0.3) is 0 Å². The van der Waals surface area contributed by atoms with Crippen LogP contribution in [0.2, 0.25) is 10.0 Å². The molecule has 0 aliphatic carbocycles. The Morgan fingerprint density at radius 1 is 1.32 bits per heavy atom. The molecular formula is C13H8Cl2FN3. The van der Waals surface area contributed by atoms with E-state index in [1.807, 2.05) is 6.07 Å². The number of nitrogens with zero attached hydrogens (tertiary/aromatic N) is 2. The molecular weight excluding hydrogens is 288 g/mol. The Balaban J connectivity index is 2.15. The first kappa shape index (κ1) is 13.6. The Labute approximate surface area is 119 Å². The third-order valence-electron chi connectivity index (χ3n) is 2.45. The number of benzene rings is 1. The fourth-order valence-corrected chi connectivity index (χ4v) is 1.91. The summed E-state index contributed by atoms with van der Waals surface area (Å²) in [5, 5.41) is 12.1. The van der Waals surface area contributed by atoms with Gasteiger partial charge in [-0.05, 0) is 23.8 Å². The highest BCUT2D eigenvalue weighted by atomic mass is 35.5. The van der Waals surface area contributed by atoms with Crippen molar-refractivity contribution in [1.29, 1.82) is 5.26 Å². The number of anilines is 1. The molecule has 19 heavy (non-hydrogen) atoms. The normalized spacial score (nSPS) is 10.0. The van der Waals surface area contributed by atoms with E-state index in [1.165, 1.54) is 24.4 Å². The van der Waals surface area contributed by atoms with E-state index in [-0.39, 0.29) is 10.0 Å². The molecule has 0 fully saturated rings. The molecule has 1 heterocycles. The largest absolute Gasteiger partial charge is 0.365 e. The predicted molar refractivity (Wildman–Crippen MR) is 72.7 cm³/mol. The highest BCUT2D eigenvalue weighted by Gasteiger charge is 2.07. The number of hydrogen-bond acceptors (Lipinski definition) is 3. The summed E-state index contributed by atoms with van der Waals surface area (Å²) in [7, 11) is 0. The quantitative estimate of drug-likeness (QED) is 0.931. The first-order valence-corrected chi connectivity index (χ1v) is 6.10. The minimum absolute atomic E-state index is 0.0594. The molecule has 1 aromatic heterocycles. The van der Waals surface area contributed by atoms with E-state index in [0.29, 0.717) is 17.9 Å². The lowest BCUT2D eigenvalue weighted by molar-refractivity contribution is 0.627. The van der Waals surface area contributed by atoms with Crippen molar-refractivity contribution in [3.63, 3.8) is 0 Å². The first-order valence-electron chi connectivity index (χ1n) is 5.34. The fourth-order valence-electron chi connectivity index (χ4n) is 1.49. The summed E-state index contributed by atoms with van der Waals surface area (Å²) in [6.45, 7) is 0.377. The van der Waals surface area contributed by atoms with Crippen LogP contribution in [-0.2, 0) is 6.54 Å². The van der Waals surface area contributed by atoms with Crippen molar-refractivity contribution in [2.75, 3.05) is 5.32 Å². The van der Waals surface area contributed by atoms with E-state index in [9.17, 15) is 4.39 Å². The Morgan fingerprint density at radius 3 is 2.79 bits per heavy atom. The summed E-state index contributed by atoms with van der Waals surface area (Å²) < 4.78 is 13.0. The number of nitrogens with one attached hydrogen (secondary N) is 1. The monoisotopic (exact) mass is 295 g/mol. The molecule has 0 saturated carbocycles. The van der Waals surface area contributed by atoms with Gasteiger partial charge in [0.1, 0.15) is 22.7 Å². The number of aromatic nitrogens is 1. The number of hydrogen-bond donors (Lipinski definition) is 1. The molecule has 3 nitrogen and oxygen atoms in total. The van der Waals surface area contributed by atoms with Crippen LogP contribution in [-0.4, -0.2) is 4.98 Å². The van der Waals surface area contributed by atoms with E-state index in [2.05, 4.69) is 10.3 Å². The summed E-state index contributed by atoms with van der Waals surface area (Å²) in [5.74, 6) is -0.0609. The highest BCUT2D eigenvalue weighted by Crippen LogP contribution is 2.23. The van der Waals surface area contributed by atoms with Crippen molar-refractivity contribution in [3.05, 3.63) is 57.5 Å². The SMILES string of the molecule is N#Cc1ccnc(NCc2ccc(F)c(Cl)c2)c1Cl. The van der Waals surface area contributed by atoms with Gasteiger partial charge >= 0.3 is 0 Å². The standard InChI is InChI=1S/C13H8Cl2FN3/c14-10-5-8(1-2-11(10)16)7-19-13-12(15)9(6-17)3-4-18-13/h1-5H,7H2,(H,18,19). The van der Waals surface area contributed by atoms with E-state index in [1.54, 1.807) is 6.07 Å². The van der Waals surface area contributed by atoms with Gasteiger partial charge in [0.2, 0.25) is 0 Å². The first-order chi connectivity index (χ1) is 9.11. The molecule has 2 rings (SSSR count). The lowest BCUT2D eigenvalue weighted by atomic mass is 10.2. The minimum Gasteiger partial charge on any atom is -0.365 e. The summed E-state index contributed by atoms with van der Waals surface area (Å²) in [4.78, 5) is 4.04. The molecule has 0 spiro atoms. The Kier molecular flexibility index (Phi) is 4.20. The van der Waals surface area contributed by atoms with Gasteiger partial charge in [-0.25, -0.2) is 9.37 Å². The molecule has 0 aliphatic rings. The van der Waals surface area contributed by atoms with Crippen LogP contribution in [0.1, 0.15) is 11.1 Å². The van der Waals surface area contributed by atoms with Crippen LogP contribution < -0.4 is 5.32 Å². The summed E-state index contributed by atoms with van der Waals surface area (Å²) in [5.41, 5.74) is 1.13. The zero-order valence-electron chi connectivity index (χ0n) is 9.62. The van der Waals surface area contributed by atoms with Crippen LogP contribution in [0.4, 0.5) is 10.2 Å². The Bertz CT molecular complexity index is 653. The molecule has 1 N–H and O–H groups in total. The topological polar surface area (TPSA) is 48.7 Å². The smallest absolute Gasteiger partial charge is 0.146 e. The van der Waals surface area contributed by atoms with Gasteiger partial charge in [-0.3, -0.25) is 0 Å². The van der Waals surface area contributed by atoms with Crippen LogP contribution in [0.5, 0.6) is 0 Å². The van der Waals surface area contributed by atoms with Crippen molar-refractivity contribution in [3.8, 4) is 6.07 Å². The van der Waals surface area contributed by atoms with Crippen molar-refractivity contribution >= 4 is 29.0 Å². The molecule has 2 aromatic rings. The molecule has 0 saturated heterocycles. The number of halogens is 3. The van der Waals surface area contributed by atoms with Crippen molar-refractivity contribution in [2.45, 2.75) is 6.54 Å². The summed E-state index contributed by atoms with van der Waals surface area (Å²) in [6, 6.07) is 7.92. The van der Waals surface area contributed by atoms with Crippen LogP contribution >= 0.6 is 23.2 Å². The zero-order chi connectivity index (χ0) is 13.8. The molecule has 0 bridgehead atoms. The number of nitriles is 1. The molecule has 0 unspecified atom stereocenters. The average Bonchev–Trinajstić information content (AvgIpc) is 2.41. The van der Waals surface area contributed by atoms with Crippen LogP contribution in [0.15, 0.2) is 30.5 Å². The lowest BCUT2D eigenvalue weighted by Crippen LogP contribution is -2.02. The summed E-state index contributed by atoms with van der Waals surface area (Å²) in [6.07, 6.45) is 1.49. The highest BCUT2D eigenvalue weighted by molar-refractivity contribution is 6.34. The van der Waals surface area contributed by atoms with Crippen LogP contribution in [0.3, 0.4) is 0 Å². The average molecular weight is 296 g/mol. The second-order valence-corrected chi connectivity index (χ2v) is 4.52. The zero-order valence-corrected chi connectivity index (χ0v) is 11.1. The van der Waals surface area contributed by atoms with Crippen molar-refractivity contribution in [1.82, 2.24) is 4.98 Å². The fraction of sp³-hybridized carbons (Fsp3) is 0.0769. The van der Waals surface area contributed by atoms with E-state index < -0.39 is 5.82 Å². The third-order valence-corrected chi connectivity index (χ3v) is 3.13. The summed E-state index contributed by atoms with van der Waals surface area (Å²) >= 11 is 11.7. The molecule has 6 heteroatoms. The number of pyridine rings is 1. The van der Waals surface area contributed by atoms with Gasteiger partial charge in [-0.15, -0.1) is 0 Å². The van der Waals surface area contributed by atoms with Crippen molar-refractivity contribution < 1.29 is 4.39 Å². The van der Waals surface area contributed by atoms with Crippen molar-refractivity contribution in [2.24, 2.45) is 0 Å². The maximum atomic E-state index is 13.0. The van der Waals surface area contributed by atoms with Gasteiger partial charge in [0.15, 0.2) is 0 Å². The molecule has 0 radical (unpaired) electrons. The maximum Gasteiger partial charge on any atom is 0.146 e. The van der Waals surface area contributed by atoms with E-state index >= 15 is 0 Å². The second-order valence-electron chi connectivity index (χ2n) is 3.73. The molecule has 0 aliphatic heterocycles. The van der Waals surface area contributed by atoms with Gasteiger partial charge in [0, 0.05) is 12.7 Å². The van der Waals surface area contributed by atoms with Crippen LogP contribution in [0, 0.1) is 17.1 Å². The van der Waals surface area contributed by atoms with E-state index in [4.69, 9.17) is 28.5 Å². The predicted octanol–water partition coefficient (Wildman–Crippen LogP) is 4.01. The third kappa shape index (κ3) is 3.14. The molecule has 0 amide bonds. The maximum absolute atomic E-state index is 13.0.